The molecule has 0 saturated carbocycles. The number of aliphatic hydroxyl groups excluding tert-OH is 1. The maximum atomic E-state index is 9.37. The van der Waals surface area contributed by atoms with E-state index in [4.69, 9.17) is 0 Å². The lowest BCUT2D eigenvalue weighted by atomic mass is 10.0. The summed E-state index contributed by atoms with van der Waals surface area (Å²) in [4.78, 5) is 0. The van der Waals surface area contributed by atoms with E-state index in [1.165, 1.54) is 11.1 Å². The van der Waals surface area contributed by atoms with Crippen molar-refractivity contribution < 1.29 is 5.11 Å². The molecule has 0 aliphatic carbocycles. The second-order valence-corrected chi connectivity index (χ2v) is 3.94. The molecule has 0 spiro atoms. The smallest absolute Gasteiger partial charge is 0.128 e. The Balaban J connectivity index is 2.35. The number of hydrogen-bond donors (Lipinski definition) is 2. The molecule has 0 amide bonds. The summed E-state index contributed by atoms with van der Waals surface area (Å²) in [5.74, 6) is 0.546. The third-order valence-corrected chi connectivity index (χ3v) is 2.54. The minimum Gasteiger partial charge on any atom is -0.373 e. The number of fused-ring (bicyclic) bond motifs is 1. The van der Waals surface area contributed by atoms with E-state index in [1.807, 2.05) is 0 Å². The van der Waals surface area contributed by atoms with Crippen LogP contribution in [0.3, 0.4) is 0 Å². The highest BCUT2D eigenvalue weighted by Crippen LogP contribution is 2.28. The van der Waals surface area contributed by atoms with Crippen molar-refractivity contribution in [3.05, 3.63) is 29.3 Å². The van der Waals surface area contributed by atoms with Gasteiger partial charge >= 0.3 is 0 Å². The van der Waals surface area contributed by atoms with Gasteiger partial charge in [0.05, 0.1) is 0 Å². The first-order valence-electron chi connectivity index (χ1n) is 4.74. The second-order valence-electron chi connectivity index (χ2n) is 3.94. The number of hydrogen-bond acceptors (Lipinski definition) is 2. The number of benzene rings is 1. The van der Waals surface area contributed by atoms with Gasteiger partial charge < -0.3 is 10.4 Å². The fourth-order valence-electron chi connectivity index (χ4n) is 1.70. The van der Waals surface area contributed by atoms with Gasteiger partial charge in [-0.05, 0) is 23.1 Å². The molecule has 13 heavy (non-hydrogen) atoms. The molecule has 1 heterocycles. The van der Waals surface area contributed by atoms with Gasteiger partial charge in [0.15, 0.2) is 0 Å². The largest absolute Gasteiger partial charge is 0.373 e. The summed E-state index contributed by atoms with van der Waals surface area (Å²) < 4.78 is 0. The molecule has 0 bridgehead atoms. The molecule has 1 unspecified atom stereocenters. The van der Waals surface area contributed by atoms with Crippen molar-refractivity contribution >= 4 is 5.69 Å². The molecule has 0 saturated heterocycles. The quantitative estimate of drug-likeness (QED) is 0.688. The van der Waals surface area contributed by atoms with Gasteiger partial charge in [-0.2, -0.15) is 0 Å². The SMILES string of the molecule is CC(C)c1ccc2c(c1)NC(O)C2. The molecule has 1 aromatic carbocycles. The molecule has 70 valence electrons. The highest BCUT2D eigenvalue weighted by Gasteiger charge is 2.18. The first-order valence-corrected chi connectivity index (χ1v) is 4.74. The number of rotatable bonds is 1. The van der Waals surface area contributed by atoms with Crippen LogP contribution in [0.4, 0.5) is 5.69 Å². The lowest BCUT2D eigenvalue weighted by molar-refractivity contribution is 0.212. The standard InChI is InChI=1S/C11H15NO/c1-7(2)8-3-4-9-6-11(13)12-10(9)5-8/h3-5,7,11-13H,6H2,1-2H3. The summed E-state index contributed by atoms with van der Waals surface area (Å²) in [7, 11) is 0. The van der Waals surface area contributed by atoms with E-state index < -0.39 is 6.23 Å². The Kier molecular flexibility index (Phi) is 2.00. The molecule has 0 fully saturated rings. The van der Waals surface area contributed by atoms with Crippen LogP contribution in [0.2, 0.25) is 0 Å². The Morgan fingerprint density at radius 3 is 2.92 bits per heavy atom. The summed E-state index contributed by atoms with van der Waals surface area (Å²) in [6.45, 7) is 4.35. The van der Waals surface area contributed by atoms with Crippen LogP contribution < -0.4 is 5.32 Å². The van der Waals surface area contributed by atoms with Crippen molar-refractivity contribution in [1.82, 2.24) is 0 Å². The lowest BCUT2D eigenvalue weighted by Crippen LogP contribution is -2.12. The van der Waals surface area contributed by atoms with Gasteiger partial charge in [0, 0.05) is 12.1 Å². The highest BCUT2D eigenvalue weighted by atomic mass is 16.3. The van der Waals surface area contributed by atoms with Crippen LogP contribution in [0, 0.1) is 0 Å². The maximum absolute atomic E-state index is 9.37. The predicted molar refractivity (Wildman–Crippen MR) is 53.9 cm³/mol. The van der Waals surface area contributed by atoms with Crippen LogP contribution in [0.5, 0.6) is 0 Å². The minimum absolute atomic E-state index is 0.391. The van der Waals surface area contributed by atoms with Gasteiger partial charge in [-0.25, -0.2) is 0 Å². The molecular formula is C11H15NO. The molecule has 2 heteroatoms. The van der Waals surface area contributed by atoms with E-state index in [0.29, 0.717) is 5.92 Å². The summed E-state index contributed by atoms with van der Waals surface area (Å²) in [5.41, 5.74) is 3.64. The van der Waals surface area contributed by atoms with Crippen molar-refractivity contribution in [3.63, 3.8) is 0 Å². The average molecular weight is 177 g/mol. The van der Waals surface area contributed by atoms with Crippen molar-refractivity contribution in [2.75, 3.05) is 5.32 Å². The van der Waals surface area contributed by atoms with Crippen LogP contribution in [0.15, 0.2) is 18.2 Å². The Bertz CT molecular complexity index is 320. The van der Waals surface area contributed by atoms with Crippen LogP contribution >= 0.6 is 0 Å². The lowest BCUT2D eigenvalue weighted by Gasteiger charge is -2.07. The van der Waals surface area contributed by atoms with Gasteiger partial charge in [0.2, 0.25) is 0 Å². The first kappa shape index (κ1) is 8.57. The minimum atomic E-state index is -0.391. The third kappa shape index (κ3) is 1.54. The molecule has 2 rings (SSSR count). The molecule has 1 atom stereocenters. The van der Waals surface area contributed by atoms with Gasteiger partial charge in [-0.1, -0.05) is 26.0 Å². The van der Waals surface area contributed by atoms with E-state index in [9.17, 15) is 5.11 Å². The van der Waals surface area contributed by atoms with Gasteiger partial charge in [-0.3, -0.25) is 0 Å². The van der Waals surface area contributed by atoms with Crippen LogP contribution in [-0.2, 0) is 6.42 Å². The molecule has 2 N–H and O–H groups in total. The number of anilines is 1. The molecule has 1 aliphatic rings. The van der Waals surface area contributed by atoms with Gasteiger partial charge in [-0.15, -0.1) is 0 Å². The molecule has 1 aromatic rings. The Labute approximate surface area is 78.6 Å². The normalized spacial score (nSPS) is 20.2. The zero-order valence-corrected chi connectivity index (χ0v) is 8.04. The summed E-state index contributed by atoms with van der Waals surface area (Å²) in [5, 5.41) is 12.4. The number of nitrogens with one attached hydrogen (secondary N) is 1. The van der Waals surface area contributed by atoms with E-state index in [2.05, 4.69) is 37.4 Å². The molecule has 1 aliphatic heterocycles. The zero-order valence-electron chi connectivity index (χ0n) is 8.04. The second kappa shape index (κ2) is 3.04. The Morgan fingerprint density at radius 1 is 1.46 bits per heavy atom. The zero-order chi connectivity index (χ0) is 9.42. The van der Waals surface area contributed by atoms with Crippen LogP contribution in [0.1, 0.15) is 30.9 Å². The van der Waals surface area contributed by atoms with Gasteiger partial charge in [0.25, 0.3) is 0 Å². The maximum Gasteiger partial charge on any atom is 0.128 e. The first-order chi connectivity index (χ1) is 6.16. The summed E-state index contributed by atoms with van der Waals surface area (Å²) in [6.07, 6.45) is 0.339. The molecule has 0 radical (unpaired) electrons. The van der Waals surface area contributed by atoms with E-state index in [1.54, 1.807) is 0 Å². The fraction of sp³-hybridized carbons (Fsp3) is 0.455. The van der Waals surface area contributed by atoms with Crippen molar-refractivity contribution in [2.24, 2.45) is 0 Å². The summed E-state index contributed by atoms with van der Waals surface area (Å²) >= 11 is 0. The van der Waals surface area contributed by atoms with Crippen LogP contribution in [-0.4, -0.2) is 11.3 Å². The molecular weight excluding hydrogens is 162 g/mol. The predicted octanol–water partition coefficient (Wildman–Crippen LogP) is 2.10. The van der Waals surface area contributed by atoms with Crippen LogP contribution in [0.25, 0.3) is 0 Å². The monoisotopic (exact) mass is 177 g/mol. The van der Waals surface area contributed by atoms with E-state index in [-0.39, 0.29) is 0 Å². The van der Waals surface area contributed by atoms with Gasteiger partial charge in [0.1, 0.15) is 6.23 Å². The third-order valence-electron chi connectivity index (χ3n) is 2.54. The topological polar surface area (TPSA) is 32.3 Å². The van der Waals surface area contributed by atoms with Crippen molar-refractivity contribution in [2.45, 2.75) is 32.4 Å². The number of aliphatic hydroxyl groups is 1. The Hall–Kier alpha value is -1.02. The van der Waals surface area contributed by atoms with Crippen molar-refractivity contribution in [1.29, 1.82) is 0 Å². The highest BCUT2D eigenvalue weighted by molar-refractivity contribution is 5.58. The molecule has 0 aromatic heterocycles. The van der Waals surface area contributed by atoms with Crippen molar-refractivity contribution in [3.8, 4) is 0 Å². The fourth-order valence-corrected chi connectivity index (χ4v) is 1.70. The Morgan fingerprint density at radius 2 is 2.23 bits per heavy atom. The average Bonchev–Trinajstić information content (AvgIpc) is 2.42. The van der Waals surface area contributed by atoms with E-state index in [0.717, 1.165) is 12.1 Å². The van der Waals surface area contributed by atoms with E-state index >= 15 is 0 Å². The summed E-state index contributed by atoms with van der Waals surface area (Å²) in [6, 6.07) is 6.38. The molecule has 2 nitrogen and oxygen atoms in total.